The van der Waals surface area contributed by atoms with Crippen LogP contribution in [-0.2, 0) is 16.1 Å². The first-order valence-corrected chi connectivity index (χ1v) is 12.0. The van der Waals surface area contributed by atoms with Gasteiger partial charge in [0.25, 0.3) is 5.91 Å². The van der Waals surface area contributed by atoms with Crippen molar-refractivity contribution in [3.8, 4) is 11.5 Å². The highest BCUT2D eigenvalue weighted by Crippen LogP contribution is 2.27. The van der Waals surface area contributed by atoms with Gasteiger partial charge in [0.1, 0.15) is 6.04 Å². The number of ether oxygens (including phenoxy) is 2. The maximum absolute atomic E-state index is 13.4. The van der Waals surface area contributed by atoms with E-state index in [0.29, 0.717) is 33.5 Å². The van der Waals surface area contributed by atoms with Gasteiger partial charge < -0.3 is 19.7 Å². The quantitative estimate of drug-likeness (QED) is 0.491. The Labute approximate surface area is 205 Å². The molecule has 0 radical (unpaired) electrons. The van der Waals surface area contributed by atoms with E-state index in [1.807, 2.05) is 13.0 Å². The smallest absolute Gasteiger partial charge is 0.261 e. The minimum atomic E-state index is -0.647. The monoisotopic (exact) mass is 492 g/mol. The van der Waals surface area contributed by atoms with Gasteiger partial charge in [-0.25, -0.2) is 0 Å². The van der Waals surface area contributed by atoms with Gasteiger partial charge in [-0.15, -0.1) is 0 Å². The van der Waals surface area contributed by atoms with Gasteiger partial charge in [-0.2, -0.15) is 0 Å². The number of amides is 2. The summed E-state index contributed by atoms with van der Waals surface area (Å²) in [6.07, 6.45) is 4.62. The van der Waals surface area contributed by atoms with Crippen molar-refractivity contribution in [3.05, 3.63) is 58.1 Å². The van der Waals surface area contributed by atoms with Gasteiger partial charge in [-0.05, 0) is 49.1 Å². The maximum Gasteiger partial charge on any atom is 0.261 e. The molecule has 0 saturated heterocycles. The number of hydrogen-bond donors (Lipinski definition) is 1. The van der Waals surface area contributed by atoms with Crippen LogP contribution in [0.15, 0.2) is 42.5 Å². The van der Waals surface area contributed by atoms with Crippen molar-refractivity contribution >= 4 is 35.0 Å². The zero-order valence-electron chi connectivity index (χ0n) is 19.0. The summed E-state index contributed by atoms with van der Waals surface area (Å²) in [5.74, 6) is 0.519. The van der Waals surface area contributed by atoms with Gasteiger partial charge in [0, 0.05) is 22.6 Å². The molecule has 6 nitrogen and oxygen atoms in total. The van der Waals surface area contributed by atoms with Crippen LogP contribution in [0.25, 0.3) is 0 Å². The number of methoxy groups -OCH3 is 1. The molecule has 2 aromatic carbocycles. The number of hydrogen-bond acceptors (Lipinski definition) is 4. The molecule has 1 aliphatic carbocycles. The Morgan fingerprint density at radius 3 is 2.45 bits per heavy atom. The molecule has 2 amide bonds. The second-order valence-electron chi connectivity index (χ2n) is 8.11. The Morgan fingerprint density at radius 2 is 1.82 bits per heavy atom. The number of halogens is 2. The van der Waals surface area contributed by atoms with Crippen molar-refractivity contribution < 1.29 is 19.1 Å². The Morgan fingerprint density at radius 1 is 1.12 bits per heavy atom. The predicted octanol–water partition coefficient (Wildman–Crippen LogP) is 5.25. The lowest BCUT2D eigenvalue weighted by atomic mass is 10.1. The third kappa shape index (κ3) is 6.78. The van der Waals surface area contributed by atoms with Crippen LogP contribution in [0.4, 0.5) is 0 Å². The Hall–Kier alpha value is -2.44. The number of carbonyl (C=O) groups is 2. The second kappa shape index (κ2) is 12.1. The third-order valence-electron chi connectivity index (χ3n) is 5.86. The van der Waals surface area contributed by atoms with Crippen molar-refractivity contribution in [2.45, 2.75) is 57.7 Å². The zero-order valence-corrected chi connectivity index (χ0v) is 20.5. The Balaban J connectivity index is 1.81. The molecule has 1 aliphatic rings. The van der Waals surface area contributed by atoms with Gasteiger partial charge in [-0.3, -0.25) is 9.59 Å². The van der Waals surface area contributed by atoms with Crippen LogP contribution < -0.4 is 14.8 Å². The molecule has 1 saturated carbocycles. The molecular weight excluding hydrogens is 463 g/mol. The lowest BCUT2D eigenvalue weighted by molar-refractivity contribution is -0.143. The normalized spacial score (nSPS) is 14.5. The zero-order chi connectivity index (χ0) is 23.8. The average molecular weight is 493 g/mol. The highest BCUT2D eigenvalue weighted by molar-refractivity contribution is 6.35. The van der Waals surface area contributed by atoms with E-state index >= 15 is 0 Å². The Kier molecular flexibility index (Phi) is 9.27. The molecule has 1 N–H and O–H groups in total. The van der Waals surface area contributed by atoms with Crippen LogP contribution in [0.2, 0.25) is 10.0 Å². The van der Waals surface area contributed by atoms with Crippen LogP contribution in [0.1, 0.15) is 44.6 Å². The van der Waals surface area contributed by atoms with Crippen LogP contribution in [0.5, 0.6) is 11.5 Å². The number of carbonyl (C=O) groups excluding carboxylic acids is 2. The summed E-state index contributed by atoms with van der Waals surface area (Å²) in [6, 6.07) is 11.8. The fourth-order valence-corrected chi connectivity index (χ4v) is 4.55. The molecule has 3 rings (SSSR count). The van der Waals surface area contributed by atoms with E-state index in [0.717, 1.165) is 25.7 Å². The van der Waals surface area contributed by atoms with E-state index in [9.17, 15) is 9.59 Å². The molecule has 0 unspecified atom stereocenters. The molecule has 0 aliphatic heterocycles. The molecule has 0 bridgehead atoms. The summed E-state index contributed by atoms with van der Waals surface area (Å²) in [7, 11) is 1.54. The first kappa shape index (κ1) is 25.2. The topological polar surface area (TPSA) is 67.9 Å². The van der Waals surface area contributed by atoms with Crippen molar-refractivity contribution in [1.82, 2.24) is 10.2 Å². The molecule has 1 fully saturated rings. The van der Waals surface area contributed by atoms with E-state index in [-0.39, 0.29) is 31.0 Å². The lowest BCUT2D eigenvalue weighted by Gasteiger charge is -2.31. The molecule has 0 spiro atoms. The summed E-state index contributed by atoms with van der Waals surface area (Å²) in [4.78, 5) is 28.0. The van der Waals surface area contributed by atoms with Gasteiger partial charge in [0.15, 0.2) is 18.1 Å². The maximum atomic E-state index is 13.4. The van der Waals surface area contributed by atoms with E-state index < -0.39 is 6.04 Å². The van der Waals surface area contributed by atoms with E-state index in [1.54, 1.807) is 43.5 Å². The van der Waals surface area contributed by atoms with Crippen molar-refractivity contribution in [1.29, 1.82) is 0 Å². The van der Waals surface area contributed by atoms with Crippen LogP contribution >= 0.6 is 23.2 Å². The van der Waals surface area contributed by atoms with Gasteiger partial charge in [-0.1, -0.05) is 61.2 Å². The predicted molar refractivity (Wildman–Crippen MR) is 130 cm³/mol. The van der Waals surface area contributed by atoms with Crippen LogP contribution in [0, 0.1) is 0 Å². The Bertz CT molecular complexity index is 963. The number of rotatable bonds is 10. The van der Waals surface area contributed by atoms with Crippen molar-refractivity contribution in [2.75, 3.05) is 13.7 Å². The third-order valence-corrected chi connectivity index (χ3v) is 6.45. The summed E-state index contributed by atoms with van der Waals surface area (Å²) in [5.41, 5.74) is 0.707. The minimum absolute atomic E-state index is 0.153. The summed E-state index contributed by atoms with van der Waals surface area (Å²) in [5, 5.41) is 4.07. The largest absolute Gasteiger partial charge is 0.493 e. The highest BCUT2D eigenvalue weighted by atomic mass is 35.5. The minimum Gasteiger partial charge on any atom is -0.493 e. The van der Waals surface area contributed by atoms with Gasteiger partial charge in [0.05, 0.1) is 7.11 Å². The van der Waals surface area contributed by atoms with E-state index in [4.69, 9.17) is 32.7 Å². The fraction of sp³-hybridized carbons (Fsp3) is 0.440. The number of para-hydroxylation sites is 2. The SMILES string of the molecule is CC[C@@H](C(=O)NC1CCCC1)N(Cc1ccc(Cl)cc1Cl)C(=O)COc1ccccc1OC. The summed E-state index contributed by atoms with van der Waals surface area (Å²) in [6.45, 7) is 1.82. The lowest BCUT2D eigenvalue weighted by Crippen LogP contribution is -2.52. The molecule has 178 valence electrons. The first-order valence-electron chi connectivity index (χ1n) is 11.2. The molecule has 1 atom stereocenters. The molecule has 33 heavy (non-hydrogen) atoms. The molecule has 8 heteroatoms. The molecule has 0 aromatic heterocycles. The molecule has 2 aromatic rings. The number of benzene rings is 2. The standard InChI is InChI=1S/C25H30Cl2N2O4/c1-3-21(25(31)28-19-8-4-5-9-19)29(15-17-12-13-18(26)14-20(17)27)24(30)16-33-23-11-7-6-10-22(23)32-2/h6-7,10-14,19,21H,3-5,8-9,15-16H2,1-2H3,(H,28,31)/t21-/m0/s1. The van der Waals surface area contributed by atoms with E-state index in [2.05, 4.69) is 5.32 Å². The molecule has 0 heterocycles. The first-order chi connectivity index (χ1) is 15.9. The molecular formula is C25H30Cl2N2O4. The number of nitrogens with zero attached hydrogens (tertiary/aromatic N) is 1. The highest BCUT2D eigenvalue weighted by Gasteiger charge is 2.31. The van der Waals surface area contributed by atoms with Gasteiger partial charge in [0.2, 0.25) is 5.91 Å². The average Bonchev–Trinajstić information content (AvgIpc) is 3.31. The fourth-order valence-electron chi connectivity index (χ4n) is 4.08. The van der Waals surface area contributed by atoms with Gasteiger partial charge >= 0.3 is 0 Å². The second-order valence-corrected chi connectivity index (χ2v) is 8.95. The van der Waals surface area contributed by atoms with Crippen LogP contribution in [0.3, 0.4) is 0 Å². The number of nitrogens with one attached hydrogen (secondary N) is 1. The van der Waals surface area contributed by atoms with Crippen molar-refractivity contribution in [2.24, 2.45) is 0 Å². The van der Waals surface area contributed by atoms with Crippen molar-refractivity contribution in [3.63, 3.8) is 0 Å². The summed E-state index contributed by atoms with van der Waals surface area (Å²) < 4.78 is 11.1. The van der Waals surface area contributed by atoms with Crippen LogP contribution in [-0.4, -0.2) is 42.5 Å². The van der Waals surface area contributed by atoms with E-state index in [1.165, 1.54) is 4.90 Å². The summed E-state index contributed by atoms with van der Waals surface area (Å²) >= 11 is 12.4.